The summed E-state index contributed by atoms with van der Waals surface area (Å²) in [6, 6.07) is 13.4. The van der Waals surface area contributed by atoms with Crippen LogP contribution < -0.4 is 19.5 Å². The second-order valence-corrected chi connectivity index (χ2v) is 4.64. The summed E-state index contributed by atoms with van der Waals surface area (Å²) in [5.41, 5.74) is 1.72. The Bertz CT molecular complexity index is 604. The summed E-state index contributed by atoms with van der Waals surface area (Å²) < 4.78 is 15.9. The van der Waals surface area contributed by atoms with Crippen molar-refractivity contribution in [2.24, 2.45) is 0 Å². The maximum Gasteiger partial charge on any atom is 0.203 e. The van der Waals surface area contributed by atoms with Gasteiger partial charge in [-0.1, -0.05) is 42.5 Å². The molecule has 5 heteroatoms. The summed E-state index contributed by atoms with van der Waals surface area (Å²) in [5, 5.41) is 3.17. The lowest BCUT2D eigenvalue weighted by molar-refractivity contribution is 0.324. The van der Waals surface area contributed by atoms with E-state index in [0.717, 1.165) is 11.3 Å². The van der Waals surface area contributed by atoms with Gasteiger partial charge in [0, 0.05) is 23.4 Å². The number of methoxy groups -OCH3 is 3. The van der Waals surface area contributed by atoms with Crippen LogP contribution in [0.3, 0.4) is 0 Å². The molecule has 0 aliphatic heterocycles. The molecule has 2 rings (SSSR count). The second-order valence-electron chi connectivity index (χ2n) is 4.23. The minimum Gasteiger partial charge on any atom is -0.493 e. The molecule has 0 aliphatic rings. The number of hydrogen-bond donors (Lipinski definition) is 1. The van der Waals surface area contributed by atoms with Crippen molar-refractivity contribution in [3.05, 3.63) is 48.0 Å². The van der Waals surface area contributed by atoms with E-state index in [9.17, 15) is 0 Å². The van der Waals surface area contributed by atoms with Gasteiger partial charge in [0.15, 0.2) is 11.5 Å². The van der Waals surface area contributed by atoms with Crippen LogP contribution >= 0.6 is 12.2 Å². The molecule has 0 saturated carbocycles. The van der Waals surface area contributed by atoms with Crippen molar-refractivity contribution in [3.63, 3.8) is 0 Å². The summed E-state index contributed by atoms with van der Waals surface area (Å²) in [4.78, 5) is 0.630. The van der Waals surface area contributed by atoms with Gasteiger partial charge in [-0.15, -0.1) is 0 Å². The molecule has 0 amide bonds. The molecule has 110 valence electrons. The van der Waals surface area contributed by atoms with Crippen LogP contribution in [0.5, 0.6) is 17.2 Å². The predicted octanol–water partition coefficient (Wildman–Crippen LogP) is 3.50. The first-order valence-corrected chi connectivity index (χ1v) is 6.76. The minimum atomic E-state index is 0.552. The first kappa shape index (κ1) is 15.1. The Morgan fingerprint density at radius 3 is 1.95 bits per heavy atom. The van der Waals surface area contributed by atoms with Gasteiger partial charge in [0.2, 0.25) is 5.75 Å². The third-order valence-electron chi connectivity index (χ3n) is 2.96. The Hall–Kier alpha value is -2.27. The van der Waals surface area contributed by atoms with Gasteiger partial charge < -0.3 is 19.5 Å². The van der Waals surface area contributed by atoms with Crippen LogP contribution in [0.25, 0.3) is 0 Å². The highest BCUT2D eigenvalue weighted by molar-refractivity contribution is 7.81. The van der Waals surface area contributed by atoms with Gasteiger partial charge in [-0.3, -0.25) is 0 Å². The monoisotopic (exact) mass is 303 g/mol. The molecule has 0 radical (unpaired) electrons. The standard InChI is InChI=1S/C16H17NO3S/c1-18-13-9-12(10-14(19-2)15(13)20-3)17-16(21)11-7-5-4-6-8-11/h4-10H,1-3H3,(H,17,21). The lowest BCUT2D eigenvalue weighted by Gasteiger charge is -2.15. The molecular weight excluding hydrogens is 286 g/mol. The fourth-order valence-electron chi connectivity index (χ4n) is 1.95. The molecule has 0 aromatic heterocycles. The first-order valence-electron chi connectivity index (χ1n) is 6.36. The van der Waals surface area contributed by atoms with E-state index >= 15 is 0 Å². The Balaban J connectivity index is 2.30. The van der Waals surface area contributed by atoms with Crippen LogP contribution in [0.15, 0.2) is 42.5 Å². The Morgan fingerprint density at radius 1 is 0.905 bits per heavy atom. The van der Waals surface area contributed by atoms with Crippen molar-refractivity contribution in [1.29, 1.82) is 0 Å². The number of nitrogens with one attached hydrogen (secondary N) is 1. The zero-order valence-electron chi connectivity index (χ0n) is 12.2. The van der Waals surface area contributed by atoms with Crippen LogP contribution in [0.4, 0.5) is 5.69 Å². The fraction of sp³-hybridized carbons (Fsp3) is 0.188. The van der Waals surface area contributed by atoms with E-state index in [1.165, 1.54) is 0 Å². The maximum atomic E-state index is 5.40. The Kier molecular flexibility index (Phi) is 5.00. The average Bonchev–Trinajstić information content (AvgIpc) is 2.54. The molecule has 21 heavy (non-hydrogen) atoms. The quantitative estimate of drug-likeness (QED) is 0.856. The summed E-state index contributed by atoms with van der Waals surface area (Å²) in [5.74, 6) is 1.71. The molecule has 2 aromatic carbocycles. The number of rotatable bonds is 5. The van der Waals surface area contributed by atoms with E-state index in [0.29, 0.717) is 22.2 Å². The molecule has 0 fully saturated rings. The average molecular weight is 303 g/mol. The van der Waals surface area contributed by atoms with E-state index in [-0.39, 0.29) is 0 Å². The fourth-order valence-corrected chi connectivity index (χ4v) is 2.20. The zero-order valence-corrected chi connectivity index (χ0v) is 13.0. The predicted molar refractivity (Wildman–Crippen MR) is 87.9 cm³/mol. The van der Waals surface area contributed by atoms with Crippen molar-refractivity contribution < 1.29 is 14.2 Å². The summed E-state index contributed by atoms with van der Waals surface area (Å²) in [6.07, 6.45) is 0. The number of thiocarbonyl (C=S) groups is 1. The van der Waals surface area contributed by atoms with Gasteiger partial charge in [-0.2, -0.15) is 0 Å². The van der Waals surface area contributed by atoms with Crippen molar-refractivity contribution in [3.8, 4) is 17.2 Å². The van der Waals surface area contributed by atoms with Crippen LogP contribution in [0.1, 0.15) is 5.56 Å². The molecule has 0 bridgehead atoms. The molecule has 4 nitrogen and oxygen atoms in total. The third kappa shape index (κ3) is 3.44. The van der Waals surface area contributed by atoms with Gasteiger partial charge in [0.25, 0.3) is 0 Å². The molecule has 0 atom stereocenters. The van der Waals surface area contributed by atoms with Gasteiger partial charge in [0.05, 0.1) is 21.3 Å². The molecule has 2 aromatic rings. The maximum absolute atomic E-state index is 5.40. The number of anilines is 1. The Morgan fingerprint density at radius 2 is 1.48 bits per heavy atom. The molecule has 0 heterocycles. The van der Waals surface area contributed by atoms with Crippen LogP contribution in [-0.2, 0) is 0 Å². The number of hydrogen-bond acceptors (Lipinski definition) is 4. The lowest BCUT2D eigenvalue weighted by atomic mass is 10.2. The van der Waals surface area contributed by atoms with Gasteiger partial charge in [-0.05, 0) is 0 Å². The molecule has 0 unspecified atom stereocenters. The van der Waals surface area contributed by atoms with Crippen LogP contribution in [0.2, 0.25) is 0 Å². The van der Waals surface area contributed by atoms with Crippen LogP contribution in [0, 0.1) is 0 Å². The van der Waals surface area contributed by atoms with Gasteiger partial charge in [-0.25, -0.2) is 0 Å². The molecule has 1 N–H and O–H groups in total. The second kappa shape index (κ2) is 6.95. The summed E-state index contributed by atoms with van der Waals surface area (Å²) in [7, 11) is 4.73. The normalized spacial score (nSPS) is 9.86. The smallest absolute Gasteiger partial charge is 0.203 e. The van der Waals surface area contributed by atoms with Gasteiger partial charge in [0.1, 0.15) is 4.99 Å². The SMILES string of the molecule is COc1cc(NC(=S)c2ccccc2)cc(OC)c1OC. The lowest BCUT2D eigenvalue weighted by Crippen LogP contribution is -2.10. The van der Waals surface area contributed by atoms with E-state index in [1.54, 1.807) is 21.3 Å². The largest absolute Gasteiger partial charge is 0.493 e. The van der Waals surface area contributed by atoms with Gasteiger partial charge >= 0.3 is 0 Å². The molecule has 0 aliphatic carbocycles. The molecule has 0 spiro atoms. The topological polar surface area (TPSA) is 39.7 Å². The van der Waals surface area contributed by atoms with Crippen molar-refractivity contribution in [2.75, 3.05) is 26.6 Å². The highest BCUT2D eigenvalue weighted by Crippen LogP contribution is 2.40. The van der Waals surface area contributed by atoms with Crippen molar-refractivity contribution in [2.45, 2.75) is 0 Å². The Labute approximate surface area is 129 Å². The summed E-state index contributed by atoms with van der Waals surface area (Å²) in [6.45, 7) is 0. The zero-order chi connectivity index (χ0) is 15.2. The minimum absolute atomic E-state index is 0.552. The van der Waals surface area contributed by atoms with Crippen LogP contribution in [-0.4, -0.2) is 26.3 Å². The van der Waals surface area contributed by atoms with Crippen molar-refractivity contribution >= 4 is 22.9 Å². The number of ether oxygens (including phenoxy) is 3. The first-order chi connectivity index (χ1) is 10.2. The number of benzene rings is 2. The van der Waals surface area contributed by atoms with Crippen molar-refractivity contribution in [1.82, 2.24) is 0 Å². The summed E-state index contributed by atoms with van der Waals surface area (Å²) >= 11 is 5.40. The molecule has 0 saturated heterocycles. The highest BCUT2D eigenvalue weighted by Gasteiger charge is 2.13. The third-order valence-corrected chi connectivity index (χ3v) is 3.30. The van der Waals surface area contributed by atoms with E-state index in [2.05, 4.69) is 5.32 Å². The van der Waals surface area contributed by atoms with E-state index < -0.39 is 0 Å². The van der Waals surface area contributed by atoms with E-state index in [4.69, 9.17) is 26.4 Å². The highest BCUT2D eigenvalue weighted by atomic mass is 32.1. The van der Waals surface area contributed by atoms with E-state index in [1.807, 2.05) is 42.5 Å². The molecular formula is C16H17NO3S.